The van der Waals surface area contributed by atoms with Crippen LogP contribution in [-0.4, -0.2) is 6.29 Å². The number of rotatable bonds is 3. The van der Waals surface area contributed by atoms with Gasteiger partial charge in [-0.15, -0.1) is 0 Å². The number of aryl methyl sites for hydroxylation is 1. The Morgan fingerprint density at radius 3 is 2.31 bits per heavy atom. The van der Waals surface area contributed by atoms with E-state index in [4.69, 9.17) is 0 Å². The lowest BCUT2D eigenvalue weighted by molar-refractivity contribution is 0.112. The van der Waals surface area contributed by atoms with Crippen LogP contribution in [0.25, 0.3) is 11.1 Å². The molecule has 0 saturated heterocycles. The summed E-state index contributed by atoms with van der Waals surface area (Å²) >= 11 is 0. The molecule has 2 aromatic carbocycles. The van der Waals surface area contributed by atoms with Crippen molar-refractivity contribution in [2.75, 3.05) is 0 Å². The first-order valence-corrected chi connectivity index (χ1v) is 5.48. The predicted molar refractivity (Wildman–Crippen MR) is 66.6 cm³/mol. The molecule has 0 heterocycles. The smallest absolute Gasteiger partial charge is 0.150 e. The molecule has 2 rings (SSSR count). The molecule has 1 nitrogen and oxygen atoms in total. The SMILES string of the molecule is CCc1ccccc1-c1ccc(C=O)cc1. The van der Waals surface area contributed by atoms with Gasteiger partial charge < -0.3 is 0 Å². The van der Waals surface area contributed by atoms with Gasteiger partial charge in [0.05, 0.1) is 0 Å². The molecule has 0 aliphatic rings. The fourth-order valence-electron chi connectivity index (χ4n) is 1.85. The van der Waals surface area contributed by atoms with E-state index < -0.39 is 0 Å². The normalized spacial score (nSPS) is 10.1. The summed E-state index contributed by atoms with van der Waals surface area (Å²) in [5.41, 5.74) is 4.48. The summed E-state index contributed by atoms with van der Waals surface area (Å²) < 4.78 is 0. The lowest BCUT2D eigenvalue weighted by Gasteiger charge is -2.07. The van der Waals surface area contributed by atoms with Gasteiger partial charge in [0.2, 0.25) is 0 Å². The molecule has 0 aromatic heterocycles. The van der Waals surface area contributed by atoms with Gasteiger partial charge in [0.1, 0.15) is 6.29 Å². The Morgan fingerprint density at radius 1 is 1.00 bits per heavy atom. The summed E-state index contributed by atoms with van der Waals surface area (Å²) in [5, 5.41) is 0. The highest BCUT2D eigenvalue weighted by atomic mass is 16.1. The highest BCUT2D eigenvalue weighted by Gasteiger charge is 2.02. The molecule has 1 heteroatoms. The zero-order valence-corrected chi connectivity index (χ0v) is 9.31. The van der Waals surface area contributed by atoms with E-state index in [0.717, 1.165) is 18.3 Å². The Balaban J connectivity index is 2.45. The number of carbonyl (C=O) groups is 1. The fraction of sp³-hybridized carbons (Fsp3) is 0.133. The summed E-state index contributed by atoms with van der Waals surface area (Å²) in [5.74, 6) is 0. The van der Waals surface area contributed by atoms with Gasteiger partial charge in [-0.3, -0.25) is 4.79 Å². The van der Waals surface area contributed by atoms with Gasteiger partial charge in [-0.05, 0) is 23.1 Å². The lowest BCUT2D eigenvalue weighted by atomic mass is 9.97. The summed E-state index contributed by atoms with van der Waals surface area (Å²) in [6.45, 7) is 2.15. The second-order valence-electron chi connectivity index (χ2n) is 3.75. The second kappa shape index (κ2) is 4.75. The van der Waals surface area contributed by atoms with Gasteiger partial charge in [-0.25, -0.2) is 0 Å². The van der Waals surface area contributed by atoms with Crippen molar-refractivity contribution < 1.29 is 4.79 Å². The lowest BCUT2D eigenvalue weighted by Crippen LogP contribution is -1.87. The minimum absolute atomic E-state index is 0.720. The van der Waals surface area contributed by atoms with Crippen LogP contribution in [0, 0.1) is 0 Å². The molecule has 0 unspecified atom stereocenters. The minimum Gasteiger partial charge on any atom is -0.298 e. The topological polar surface area (TPSA) is 17.1 Å². The molecular formula is C15H14O. The Bertz CT molecular complexity index is 483. The van der Waals surface area contributed by atoms with E-state index in [1.54, 1.807) is 0 Å². The Labute approximate surface area is 95.7 Å². The van der Waals surface area contributed by atoms with Crippen molar-refractivity contribution in [3.05, 3.63) is 59.7 Å². The fourth-order valence-corrected chi connectivity index (χ4v) is 1.85. The van der Waals surface area contributed by atoms with Gasteiger partial charge in [-0.1, -0.05) is 55.5 Å². The third-order valence-corrected chi connectivity index (χ3v) is 2.76. The molecule has 2 aromatic rings. The van der Waals surface area contributed by atoms with Crippen LogP contribution in [0.4, 0.5) is 0 Å². The van der Waals surface area contributed by atoms with Crippen molar-refractivity contribution in [3.8, 4) is 11.1 Å². The second-order valence-corrected chi connectivity index (χ2v) is 3.75. The monoisotopic (exact) mass is 210 g/mol. The van der Waals surface area contributed by atoms with Crippen LogP contribution in [-0.2, 0) is 6.42 Å². The van der Waals surface area contributed by atoms with E-state index in [1.807, 2.05) is 30.3 Å². The van der Waals surface area contributed by atoms with E-state index in [2.05, 4.69) is 25.1 Å². The molecule has 0 aliphatic carbocycles. The molecule has 0 radical (unpaired) electrons. The van der Waals surface area contributed by atoms with Gasteiger partial charge in [0.25, 0.3) is 0 Å². The number of hydrogen-bond donors (Lipinski definition) is 0. The molecule has 16 heavy (non-hydrogen) atoms. The first kappa shape index (κ1) is 10.6. The number of hydrogen-bond acceptors (Lipinski definition) is 1. The Kier molecular flexibility index (Phi) is 3.16. The molecule has 0 amide bonds. The van der Waals surface area contributed by atoms with Crippen LogP contribution < -0.4 is 0 Å². The maximum Gasteiger partial charge on any atom is 0.150 e. The molecule has 0 saturated carbocycles. The average Bonchev–Trinajstić information content (AvgIpc) is 2.39. The van der Waals surface area contributed by atoms with Crippen LogP contribution in [0.3, 0.4) is 0 Å². The zero-order chi connectivity index (χ0) is 11.4. The van der Waals surface area contributed by atoms with Gasteiger partial charge >= 0.3 is 0 Å². The minimum atomic E-state index is 0.720. The Hall–Kier alpha value is -1.89. The number of carbonyl (C=O) groups excluding carboxylic acids is 1. The van der Waals surface area contributed by atoms with E-state index in [1.165, 1.54) is 16.7 Å². The third kappa shape index (κ3) is 2.03. The molecule has 0 spiro atoms. The van der Waals surface area contributed by atoms with Crippen molar-refractivity contribution in [2.24, 2.45) is 0 Å². The average molecular weight is 210 g/mol. The van der Waals surface area contributed by atoms with Crippen LogP contribution in [0.5, 0.6) is 0 Å². The summed E-state index contributed by atoms with van der Waals surface area (Å²) in [6, 6.07) is 16.1. The standard InChI is InChI=1S/C15H14O/c1-2-13-5-3-4-6-15(13)14-9-7-12(11-16)8-10-14/h3-11H,2H2,1H3. The molecule has 80 valence electrons. The van der Waals surface area contributed by atoms with E-state index in [-0.39, 0.29) is 0 Å². The van der Waals surface area contributed by atoms with E-state index >= 15 is 0 Å². The first-order valence-electron chi connectivity index (χ1n) is 5.48. The molecule has 0 aliphatic heterocycles. The van der Waals surface area contributed by atoms with Crippen LogP contribution in [0.2, 0.25) is 0 Å². The van der Waals surface area contributed by atoms with Gasteiger partial charge in [-0.2, -0.15) is 0 Å². The molecular weight excluding hydrogens is 196 g/mol. The maximum absolute atomic E-state index is 10.6. The number of aldehydes is 1. The van der Waals surface area contributed by atoms with E-state index in [0.29, 0.717) is 0 Å². The van der Waals surface area contributed by atoms with Crippen molar-refractivity contribution >= 4 is 6.29 Å². The maximum atomic E-state index is 10.6. The van der Waals surface area contributed by atoms with Crippen molar-refractivity contribution in [3.63, 3.8) is 0 Å². The van der Waals surface area contributed by atoms with Crippen LogP contribution in [0.15, 0.2) is 48.5 Å². The quantitative estimate of drug-likeness (QED) is 0.705. The summed E-state index contributed by atoms with van der Waals surface area (Å²) in [6.07, 6.45) is 1.89. The molecule has 0 N–H and O–H groups in total. The van der Waals surface area contributed by atoms with Crippen molar-refractivity contribution in [1.29, 1.82) is 0 Å². The molecule has 0 atom stereocenters. The summed E-state index contributed by atoms with van der Waals surface area (Å²) in [7, 11) is 0. The molecule has 0 fully saturated rings. The third-order valence-electron chi connectivity index (χ3n) is 2.76. The highest BCUT2D eigenvalue weighted by molar-refractivity contribution is 5.77. The number of benzene rings is 2. The zero-order valence-electron chi connectivity index (χ0n) is 9.31. The van der Waals surface area contributed by atoms with Crippen LogP contribution >= 0.6 is 0 Å². The van der Waals surface area contributed by atoms with Crippen LogP contribution in [0.1, 0.15) is 22.8 Å². The van der Waals surface area contributed by atoms with E-state index in [9.17, 15) is 4.79 Å². The Morgan fingerprint density at radius 2 is 1.69 bits per heavy atom. The first-order chi connectivity index (χ1) is 7.85. The summed E-state index contributed by atoms with van der Waals surface area (Å²) in [4.78, 5) is 10.6. The van der Waals surface area contributed by atoms with Crippen molar-refractivity contribution in [1.82, 2.24) is 0 Å². The van der Waals surface area contributed by atoms with Crippen molar-refractivity contribution in [2.45, 2.75) is 13.3 Å². The predicted octanol–water partition coefficient (Wildman–Crippen LogP) is 3.73. The van der Waals surface area contributed by atoms with Gasteiger partial charge in [0.15, 0.2) is 0 Å². The largest absolute Gasteiger partial charge is 0.298 e. The van der Waals surface area contributed by atoms with Gasteiger partial charge in [0, 0.05) is 5.56 Å². The highest BCUT2D eigenvalue weighted by Crippen LogP contribution is 2.24. The molecule has 0 bridgehead atoms.